The van der Waals surface area contributed by atoms with Crippen LogP contribution in [0, 0.1) is 15.9 Å². The molecule has 4 rings (SSSR count). The van der Waals surface area contributed by atoms with E-state index in [1.165, 1.54) is 14.2 Å². The fourth-order valence-corrected chi connectivity index (χ4v) is 4.98. The lowest BCUT2D eigenvalue weighted by molar-refractivity contribution is -0.136. The molecular weight excluding hydrogens is 521 g/mol. The molecule has 1 aliphatic carbocycles. The molecule has 1 aliphatic heterocycles. The molecule has 0 radical (unpaired) electrons. The normalized spacial score (nSPS) is 16.7. The molecule has 0 fully saturated rings. The summed E-state index contributed by atoms with van der Waals surface area (Å²) in [5.74, 6) is 2.16. The average molecular weight is 541 g/mol. The molecule has 0 saturated heterocycles. The Labute approximate surface area is 199 Å². The van der Waals surface area contributed by atoms with Crippen LogP contribution in [0.15, 0.2) is 53.2 Å². The van der Waals surface area contributed by atoms with Crippen molar-refractivity contribution >= 4 is 40.0 Å². The number of fused-ring (bicyclic) bond motifs is 2. The van der Waals surface area contributed by atoms with Crippen LogP contribution in [-0.2, 0) is 9.53 Å². The fraction of sp³-hybridized carbons (Fsp3) is 0.200. The lowest BCUT2D eigenvalue weighted by atomic mass is 9.79. The van der Waals surface area contributed by atoms with Gasteiger partial charge in [-0.2, -0.15) is 0 Å². The van der Waals surface area contributed by atoms with E-state index in [4.69, 9.17) is 20.6 Å². The molecule has 7 heteroatoms. The number of ketones is 1. The van der Waals surface area contributed by atoms with Crippen molar-refractivity contribution < 1.29 is 23.8 Å². The molecule has 0 aromatic heterocycles. The summed E-state index contributed by atoms with van der Waals surface area (Å²) in [7, 11) is 2.86. The summed E-state index contributed by atoms with van der Waals surface area (Å²) in [5, 5.41) is 3.27. The average Bonchev–Trinajstić information content (AvgIpc) is 3.08. The Hall–Kier alpha value is -3.25. The standard InChI is InChI=1S/C25H20INO5/c1-5-10-32-24-17(26)11-14(12-18(24)30-3)20-19(25(29)31-4)13(2)27-22-15-8-6-7-9-16(15)23(28)21(20)22/h1,6-9,11-12,20,27H,10H2,2-4H3/t20-/m0/s1. The van der Waals surface area contributed by atoms with Crippen molar-refractivity contribution in [2.45, 2.75) is 12.8 Å². The maximum Gasteiger partial charge on any atom is 0.336 e. The Morgan fingerprint density at radius 3 is 2.59 bits per heavy atom. The van der Waals surface area contributed by atoms with E-state index in [9.17, 15) is 9.59 Å². The highest BCUT2D eigenvalue weighted by molar-refractivity contribution is 14.1. The van der Waals surface area contributed by atoms with Crippen molar-refractivity contribution in [3.8, 4) is 23.8 Å². The first-order chi connectivity index (χ1) is 15.4. The topological polar surface area (TPSA) is 73.9 Å². The largest absolute Gasteiger partial charge is 0.493 e. The second kappa shape index (κ2) is 8.71. The van der Waals surface area contributed by atoms with Gasteiger partial charge in [0.2, 0.25) is 0 Å². The van der Waals surface area contributed by atoms with E-state index in [0.29, 0.717) is 45.2 Å². The van der Waals surface area contributed by atoms with Gasteiger partial charge in [0.05, 0.1) is 29.1 Å². The van der Waals surface area contributed by atoms with E-state index < -0.39 is 11.9 Å². The minimum absolute atomic E-state index is 0.0918. The quantitative estimate of drug-likeness (QED) is 0.350. The zero-order chi connectivity index (χ0) is 23.0. The molecule has 1 N–H and O–H groups in total. The van der Waals surface area contributed by atoms with Crippen molar-refractivity contribution in [3.05, 3.63) is 73.5 Å². The summed E-state index contributed by atoms with van der Waals surface area (Å²) >= 11 is 2.13. The number of terminal acetylenes is 1. The molecule has 2 aromatic carbocycles. The van der Waals surface area contributed by atoms with Crippen molar-refractivity contribution in [1.29, 1.82) is 0 Å². The summed E-state index contributed by atoms with van der Waals surface area (Å²) in [6.45, 7) is 1.90. The van der Waals surface area contributed by atoms with Gasteiger partial charge in [0.1, 0.15) is 6.61 Å². The summed E-state index contributed by atoms with van der Waals surface area (Å²) in [5.41, 5.74) is 4.36. The van der Waals surface area contributed by atoms with E-state index in [-0.39, 0.29) is 12.4 Å². The van der Waals surface area contributed by atoms with Crippen LogP contribution in [0.5, 0.6) is 11.5 Å². The number of Topliss-reactive ketones (excluding diaryl/α,β-unsaturated/α-hetero) is 1. The van der Waals surface area contributed by atoms with Crippen LogP contribution < -0.4 is 14.8 Å². The Bertz CT molecular complexity index is 1250. The number of carbonyl (C=O) groups excluding carboxylic acids is 2. The highest BCUT2D eigenvalue weighted by Gasteiger charge is 2.43. The predicted molar refractivity (Wildman–Crippen MR) is 128 cm³/mol. The fourth-order valence-electron chi connectivity index (χ4n) is 4.20. The number of dihydropyridines is 1. The summed E-state index contributed by atoms with van der Waals surface area (Å²) < 4.78 is 17.1. The molecule has 0 bridgehead atoms. The van der Waals surface area contributed by atoms with Gasteiger partial charge in [-0.3, -0.25) is 4.79 Å². The van der Waals surface area contributed by atoms with Crippen LogP contribution in [-0.4, -0.2) is 32.6 Å². The van der Waals surface area contributed by atoms with Crippen molar-refractivity contribution in [3.63, 3.8) is 0 Å². The number of hydrogen-bond acceptors (Lipinski definition) is 6. The zero-order valence-corrected chi connectivity index (χ0v) is 19.9. The third-order valence-electron chi connectivity index (χ3n) is 5.54. The van der Waals surface area contributed by atoms with Gasteiger partial charge in [0.15, 0.2) is 17.3 Å². The van der Waals surface area contributed by atoms with Crippen LogP contribution in [0.25, 0.3) is 5.70 Å². The van der Waals surface area contributed by atoms with Crippen LogP contribution >= 0.6 is 22.6 Å². The van der Waals surface area contributed by atoms with E-state index in [1.807, 2.05) is 24.3 Å². The zero-order valence-electron chi connectivity index (χ0n) is 17.7. The summed E-state index contributed by atoms with van der Waals surface area (Å²) in [6.07, 6.45) is 5.34. The van der Waals surface area contributed by atoms with Gasteiger partial charge in [0, 0.05) is 28.3 Å². The number of halogens is 1. The SMILES string of the molecule is C#CCOc1c(I)cc([C@H]2C(C(=O)OC)=C(C)NC3=C2C(=O)c2ccccc23)cc1OC. The number of esters is 1. The molecule has 1 heterocycles. The molecule has 6 nitrogen and oxygen atoms in total. The Morgan fingerprint density at radius 1 is 1.22 bits per heavy atom. The Balaban J connectivity index is 1.94. The Morgan fingerprint density at radius 2 is 1.94 bits per heavy atom. The summed E-state index contributed by atoms with van der Waals surface area (Å²) in [6, 6.07) is 11.1. The minimum atomic E-state index is -0.636. The predicted octanol–water partition coefficient (Wildman–Crippen LogP) is 4.05. The first kappa shape index (κ1) is 22.0. The van der Waals surface area contributed by atoms with Gasteiger partial charge in [0.25, 0.3) is 0 Å². The van der Waals surface area contributed by atoms with Crippen LogP contribution in [0.4, 0.5) is 0 Å². The second-order valence-corrected chi connectivity index (χ2v) is 8.44. The summed E-state index contributed by atoms with van der Waals surface area (Å²) in [4.78, 5) is 26.3. The van der Waals surface area contributed by atoms with Crippen LogP contribution in [0.3, 0.4) is 0 Å². The van der Waals surface area contributed by atoms with E-state index >= 15 is 0 Å². The van der Waals surface area contributed by atoms with Gasteiger partial charge in [-0.05, 0) is 47.2 Å². The smallest absolute Gasteiger partial charge is 0.336 e. The molecule has 32 heavy (non-hydrogen) atoms. The van der Waals surface area contributed by atoms with Gasteiger partial charge in [-0.1, -0.05) is 30.2 Å². The lowest BCUT2D eigenvalue weighted by Gasteiger charge is -2.29. The second-order valence-electron chi connectivity index (χ2n) is 7.28. The third kappa shape index (κ3) is 3.45. The molecule has 2 aromatic rings. The molecule has 1 atom stereocenters. The molecule has 162 valence electrons. The van der Waals surface area contributed by atoms with Gasteiger partial charge in [-0.15, -0.1) is 6.42 Å². The monoisotopic (exact) mass is 541 g/mol. The minimum Gasteiger partial charge on any atom is -0.493 e. The van der Waals surface area contributed by atoms with Crippen molar-refractivity contribution in [2.75, 3.05) is 20.8 Å². The number of allylic oxidation sites excluding steroid dienone is 2. The maximum atomic E-state index is 13.5. The number of carbonyl (C=O) groups is 2. The maximum absolute atomic E-state index is 13.5. The van der Waals surface area contributed by atoms with Gasteiger partial charge in [-0.25, -0.2) is 4.79 Å². The molecule has 0 amide bonds. The van der Waals surface area contributed by atoms with Crippen LogP contribution in [0.1, 0.15) is 34.3 Å². The first-order valence-electron chi connectivity index (χ1n) is 9.81. The van der Waals surface area contributed by atoms with E-state index in [1.54, 1.807) is 19.1 Å². The van der Waals surface area contributed by atoms with Gasteiger partial charge >= 0.3 is 5.97 Å². The number of benzene rings is 2. The molecular formula is C25H20INO5. The number of methoxy groups -OCH3 is 2. The number of ether oxygens (including phenoxy) is 3. The molecule has 0 saturated carbocycles. The van der Waals surface area contributed by atoms with Crippen molar-refractivity contribution in [2.24, 2.45) is 0 Å². The van der Waals surface area contributed by atoms with Gasteiger partial charge < -0.3 is 19.5 Å². The first-order valence-corrected chi connectivity index (χ1v) is 10.9. The molecule has 0 spiro atoms. The lowest BCUT2D eigenvalue weighted by Crippen LogP contribution is -2.29. The number of hydrogen-bond donors (Lipinski definition) is 1. The molecule has 2 aliphatic rings. The number of rotatable bonds is 5. The van der Waals surface area contributed by atoms with E-state index in [0.717, 1.165) is 9.13 Å². The molecule has 0 unspecified atom stereocenters. The van der Waals surface area contributed by atoms with E-state index in [2.05, 4.69) is 33.8 Å². The number of nitrogens with one attached hydrogen (secondary N) is 1. The highest BCUT2D eigenvalue weighted by Crippen LogP contribution is 2.48. The third-order valence-corrected chi connectivity index (χ3v) is 6.34. The van der Waals surface area contributed by atoms with Crippen LogP contribution in [0.2, 0.25) is 0 Å². The highest BCUT2D eigenvalue weighted by atomic mass is 127. The Kier molecular flexibility index (Phi) is 5.98. The van der Waals surface area contributed by atoms with Crippen molar-refractivity contribution in [1.82, 2.24) is 5.32 Å².